The zero-order valence-corrected chi connectivity index (χ0v) is 14.4. The minimum atomic E-state index is -0.708. The molecule has 1 aromatic heterocycles. The third-order valence-corrected chi connectivity index (χ3v) is 4.25. The van der Waals surface area contributed by atoms with Crippen LogP contribution in [0.1, 0.15) is 16.1 Å². The summed E-state index contributed by atoms with van der Waals surface area (Å²) in [7, 11) is 1.20. The van der Waals surface area contributed by atoms with Crippen molar-refractivity contribution in [1.82, 2.24) is 4.57 Å². The maximum atomic E-state index is 13.8. The van der Waals surface area contributed by atoms with Crippen molar-refractivity contribution >= 4 is 50.2 Å². The predicted molar refractivity (Wildman–Crippen MR) is 86.6 cm³/mol. The van der Waals surface area contributed by atoms with E-state index in [9.17, 15) is 9.18 Å². The number of benzene rings is 1. The number of ether oxygens (including phenoxy) is 1. The molecule has 0 aliphatic heterocycles. The number of carbonyl (C=O) groups excluding carboxylic acids is 1. The van der Waals surface area contributed by atoms with Crippen LogP contribution in [0.4, 0.5) is 10.1 Å². The first-order valence-corrected chi connectivity index (χ1v) is 7.42. The largest absolute Gasteiger partial charge is 0.464 e. The van der Waals surface area contributed by atoms with Crippen LogP contribution in [0.2, 0.25) is 0 Å². The molecule has 0 spiro atoms. The highest BCUT2D eigenvalue weighted by atomic mass is 127. The molecule has 5 nitrogen and oxygen atoms in total. The van der Waals surface area contributed by atoms with Gasteiger partial charge in [-0.2, -0.15) is 5.26 Å². The molecule has 0 fully saturated rings. The molecule has 0 bridgehead atoms. The number of halogens is 3. The Morgan fingerprint density at radius 3 is 2.81 bits per heavy atom. The van der Waals surface area contributed by atoms with Crippen molar-refractivity contribution in [2.75, 3.05) is 12.8 Å². The molecule has 0 unspecified atom stereocenters. The summed E-state index contributed by atoms with van der Waals surface area (Å²) in [5.74, 6) is -1.16. The second-order valence-electron chi connectivity index (χ2n) is 4.00. The standard InChI is InChI=1S/C13H8BrFIN3O2/c1-21-13(20)12-11(18)6(4-17)5-19(12)10-3-8(15)9(16)2-7(10)14/h2-3,5H,18H2,1H3. The summed E-state index contributed by atoms with van der Waals surface area (Å²) in [6.07, 6.45) is 1.37. The van der Waals surface area contributed by atoms with Gasteiger partial charge in [0, 0.05) is 16.7 Å². The number of carbonyl (C=O) groups is 1. The van der Waals surface area contributed by atoms with Crippen LogP contribution in [-0.2, 0) is 4.74 Å². The first-order valence-electron chi connectivity index (χ1n) is 5.54. The smallest absolute Gasteiger partial charge is 0.357 e. The van der Waals surface area contributed by atoms with Crippen molar-refractivity contribution in [3.63, 3.8) is 0 Å². The Kier molecular flexibility index (Phi) is 4.53. The zero-order valence-electron chi connectivity index (χ0n) is 10.7. The van der Waals surface area contributed by atoms with Crippen molar-refractivity contribution in [3.8, 4) is 11.8 Å². The number of nitriles is 1. The lowest BCUT2D eigenvalue weighted by Crippen LogP contribution is -2.11. The van der Waals surface area contributed by atoms with E-state index >= 15 is 0 Å². The van der Waals surface area contributed by atoms with Crippen molar-refractivity contribution in [3.05, 3.63) is 43.4 Å². The van der Waals surface area contributed by atoms with Gasteiger partial charge < -0.3 is 15.0 Å². The second-order valence-corrected chi connectivity index (χ2v) is 6.01. The molecule has 2 rings (SSSR count). The molecule has 1 aromatic carbocycles. The number of nitrogen functional groups attached to an aromatic ring is 1. The summed E-state index contributed by atoms with van der Waals surface area (Å²) in [5, 5.41) is 9.04. The van der Waals surface area contributed by atoms with E-state index in [0.717, 1.165) is 0 Å². The maximum Gasteiger partial charge on any atom is 0.357 e. The fraction of sp³-hybridized carbons (Fsp3) is 0.0769. The van der Waals surface area contributed by atoms with Crippen LogP contribution >= 0.6 is 38.5 Å². The van der Waals surface area contributed by atoms with E-state index in [2.05, 4.69) is 20.7 Å². The van der Waals surface area contributed by atoms with Crippen LogP contribution in [0, 0.1) is 20.7 Å². The molecular weight excluding hydrogens is 456 g/mol. The molecule has 2 aromatic rings. The normalized spacial score (nSPS) is 10.2. The highest BCUT2D eigenvalue weighted by Gasteiger charge is 2.23. The van der Waals surface area contributed by atoms with Crippen LogP contribution in [0.15, 0.2) is 22.8 Å². The van der Waals surface area contributed by atoms with E-state index in [-0.39, 0.29) is 16.9 Å². The zero-order chi connectivity index (χ0) is 15.7. The van der Waals surface area contributed by atoms with Gasteiger partial charge in [-0.25, -0.2) is 9.18 Å². The average molecular weight is 464 g/mol. The third-order valence-electron chi connectivity index (χ3n) is 2.79. The van der Waals surface area contributed by atoms with Gasteiger partial charge in [0.05, 0.1) is 27.6 Å². The SMILES string of the molecule is COC(=O)c1c(N)c(C#N)cn1-c1cc(F)c(I)cc1Br. The minimum Gasteiger partial charge on any atom is -0.464 e. The summed E-state index contributed by atoms with van der Waals surface area (Å²) in [6, 6.07) is 4.70. The van der Waals surface area contributed by atoms with Crippen molar-refractivity contribution in [2.45, 2.75) is 0 Å². The fourth-order valence-electron chi connectivity index (χ4n) is 1.80. The molecule has 21 heavy (non-hydrogen) atoms. The summed E-state index contributed by atoms with van der Waals surface area (Å²) in [6.45, 7) is 0. The van der Waals surface area contributed by atoms with Gasteiger partial charge in [-0.15, -0.1) is 0 Å². The Labute approximate surface area is 141 Å². The van der Waals surface area contributed by atoms with Gasteiger partial charge in [0.15, 0.2) is 5.69 Å². The lowest BCUT2D eigenvalue weighted by atomic mass is 10.2. The number of nitrogens with zero attached hydrogens (tertiary/aromatic N) is 2. The predicted octanol–water partition coefficient (Wildman–Crippen LogP) is 3.22. The van der Waals surface area contributed by atoms with Crippen LogP contribution in [0.25, 0.3) is 5.69 Å². The highest BCUT2D eigenvalue weighted by Crippen LogP contribution is 2.31. The second kappa shape index (κ2) is 6.03. The molecule has 108 valence electrons. The van der Waals surface area contributed by atoms with Crippen LogP contribution in [-0.4, -0.2) is 17.6 Å². The minimum absolute atomic E-state index is 0.00444. The molecule has 0 aliphatic rings. The lowest BCUT2D eigenvalue weighted by Gasteiger charge is -2.11. The van der Waals surface area contributed by atoms with E-state index in [1.54, 1.807) is 6.07 Å². The molecular formula is C13H8BrFIN3O2. The maximum absolute atomic E-state index is 13.8. The van der Waals surface area contributed by atoms with Crippen molar-refractivity contribution in [2.24, 2.45) is 0 Å². The van der Waals surface area contributed by atoms with E-state index in [4.69, 9.17) is 11.0 Å². The summed E-state index contributed by atoms with van der Waals surface area (Å²) in [5.41, 5.74) is 6.23. The van der Waals surface area contributed by atoms with Gasteiger partial charge in [0.25, 0.3) is 0 Å². The van der Waals surface area contributed by atoms with E-state index < -0.39 is 11.8 Å². The summed E-state index contributed by atoms with van der Waals surface area (Å²) >= 11 is 5.16. The van der Waals surface area contributed by atoms with Crippen LogP contribution in [0.3, 0.4) is 0 Å². The van der Waals surface area contributed by atoms with E-state index in [1.165, 1.54) is 23.9 Å². The number of aromatic nitrogens is 1. The van der Waals surface area contributed by atoms with Gasteiger partial charge in [-0.1, -0.05) is 0 Å². The Morgan fingerprint density at radius 1 is 1.57 bits per heavy atom. The van der Waals surface area contributed by atoms with Crippen LogP contribution in [0.5, 0.6) is 0 Å². The summed E-state index contributed by atoms with van der Waals surface area (Å²) < 4.78 is 20.8. The molecule has 8 heteroatoms. The average Bonchev–Trinajstić information content (AvgIpc) is 2.78. The number of hydrogen-bond donors (Lipinski definition) is 1. The Hall–Kier alpha value is -1.60. The molecule has 0 atom stereocenters. The molecule has 0 saturated heterocycles. The number of rotatable bonds is 2. The first-order chi connectivity index (χ1) is 9.90. The lowest BCUT2D eigenvalue weighted by molar-refractivity contribution is 0.0593. The molecule has 1 heterocycles. The number of anilines is 1. The van der Waals surface area contributed by atoms with E-state index in [1.807, 2.05) is 28.7 Å². The quantitative estimate of drug-likeness (QED) is 0.421. The highest BCUT2D eigenvalue weighted by molar-refractivity contribution is 14.1. The van der Waals surface area contributed by atoms with Crippen molar-refractivity contribution < 1.29 is 13.9 Å². The van der Waals surface area contributed by atoms with Crippen LogP contribution < -0.4 is 5.73 Å². The molecule has 0 amide bonds. The topological polar surface area (TPSA) is 81.0 Å². The van der Waals surface area contributed by atoms with Crippen molar-refractivity contribution in [1.29, 1.82) is 5.26 Å². The number of methoxy groups -OCH3 is 1. The molecule has 0 aliphatic carbocycles. The number of nitrogens with two attached hydrogens (primary N) is 1. The molecule has 0 radical (unpaired) electrons. The van der Waals surface area contributed by atoms with Gasteiger partial charge in [0.1, 0.15) is 11.9 Å². The van der Waals surface area contributed by atoms with Gasteiger partial charge in [-0.3, -0.25) is 0 Å². The third kappa shape index (κ3) is 2.75. The fourth-order valence-corrected chi connectivity index (χ4v) is 3.23. The van der Waals surface area contributed by atoms with E-state index in [0.29, 0.717) is 13.7 Å². The van der Waals surface area contributed by atoms with Gasteiger partial charge >= 0.3 is 5.97 Å². The summed E-state index contributed by atoms with van der Waals surface area (Å²) in [4.78, 5) is 11.9. The Balaban J connectivity index is 2.78. The molecule has 2 N–H and O–H groups in total. The molecule has 0 saturated carbocycles. The first kappa shape index (κ1) is 15.8. The monoisotopic (exact) mass is 463 g/mol. The number of hydrogen-bond acceptors (Lipinski definition) is 4. The Bertz CT molecular complexity index is 783. The van der Waals surface area contributed by atoms with Gasteiger partial charge in [0.2, 0.25) is 0 Å². The van der Waals surface area contributed by atoms with Gasteiger partial charge in [-0.05, 0) is 44.6 Å². The number of esters is 1. The Morgan fingerprint density at radius 2 is 2.24 bits per heavy atom.